The van der Waals surface area contributed by atoms with Crippen molar-refractivity contribution in [3.63, 3.8) is 0 Å². The van der Waals surface area contributed by atoms with Crippen LogP contribution in [0.5, 0.6) is 0 Å². The van der Waals surface area contributed by atoms with Gasteiger partial charge in [0.1, 0.15) is 0 Å². The third-order valence-electron chi connectivity index (χ3n) is 6.48. The topological polar surface area (TPSA) is 40.6 Å². The molecule has 1 aliphatic heterocycles. The lowest BCUT2D eigenvalue weighted by Crippen LogP contribution is -2.55. The highest BCUT2D eigenvalue weighted by molar-refractivity contribution is 7.13. The van der Waals surface area contributed by atoms with Crippen LogP contribution >= 0.6 is 11.3 Å². The number of hydrogen-bond donors (Lipinski definition) is 0. The van der Waals surface area contributed by atoms with E-state index in [2.05, 4.69) is 41.8 Å². The van der Waals surface area contributed by atoms with Gasteiger partial charge in [0, 0.05) is 38.0 Å². The molecule has 154 valence electrons. The van der Waals surface area contributed by atoms with Crippen molar-refractivity contribution in [3.05, 3.63) is 47.3 Å². The number of piperidine rings is 1. The van der Waals surface area contributed by atoms with Gasteiger partial charge in [-0.25, -0.2) is 0 Å². The van der Waals surface area contributed by atoms with Crippen molar-refractivity contribution >= 4 is 23.2 Å². The number of hydrogen-bond acceptors (Lipinski definition) is 3. The summed E-state index contributed by atoms with van der Waals surface area (Å²) in [5.74, 6) is 0.590. The highest BCUT2D eigenvalue weighted by Gasteiger charge is 2.45. The maximum absolute atomic E-state index is 13.3. The van der Waals surface area contributed by atoms with Crippen molar-refractivity contribution in [2.24, 2.45) is 11.3 Å². The van der Waals surface area contributed by atoms with E-state index in [0.29, 0.717) is 13.0 Å². The van der Waals surface area contributed by atoms with Crippen molar-refractivity contribution in [3.8, 4) is 10.4 Å². The van der Waals surface area contributed by atoms with Gasteiger partial charge in [-0.3, -0.25) is 9.59 Å². The van der Waals surface area contributed by atoms with E-state index in [4.69, 9.17) is 0 Å². The molecule has 1 aromatic heterocycles. The van der Waals surface area contributed by atoms with E-state index in [-0.39, 0.29) is 17.7 Å². The van der Waals surface area contributed by atoms with Gasteiger partial charge in [0.25, 0.3) is 0 Å². The lowest BCUT2D eigenvalue weighted by atomic mass is 9.73. The Morgan fingerprint density at radius 1 is 1.17 bits per heavy atom. The molecule has 2 aliphatic rings. The van der Waals surface area contributed by atoms with E-state index < -0.39 is 5.41 Å². The Morgan fingerprint density at radius 2 is 2.00 bits per heavy atom. The second-order valence-electron chi connectivity index (χ2n) is 8.83. The molecule has 2 amide bonds. The van der Waals surface area contributed by atoms with Crippen LogP contribution in [0.1, 0.15) is 37.7 Å². The van der Waals surface area contributed by atoms with Crippen molar-refractivity contribution in [2.45, 2.75) is 38.5 Å². The minimum atomic E-state index is -0.533. The first-order valence-corrected chi connectivity index (χ1v) is 11.5. The second-order valence-corrected chi connectivity index (χ2v) is 9.77. The Labute approximate surface area is 177 Å². The van der Waals surface area contributed by atoms with Crippen LogP contribution in [-0.4, -0.2) is 48.8 Å². The number of rotatable bonds is 5. The molecular formula is C24H30N2O2S. The smallest absolute Gasteiger partial charge is 0.230 e. The molecule has 4 rings (SSSR count). The lowest BCUT2D eigenvalue weighted by Gasteiger charge is -2.44. The Kier molecular flexibility index (Phi) is 5.77. The summed E-state index contributed by atoms with van der Waals surface area (Å²) in [5.41, 5.74) is 1.84. The molecule has 1 saturated heterocycles. The van der Waals surface area contributed by atoms with Gasteiger partial charge in [-0.1, -0.05) is 36.8 Å². The number of benzene rings is 1. The molecule has 0 radical (unpaired) electrons. The zero-order chi connectivity index (χ0) is 20.4. The average molecular weight is 411 g/mol. The molecule has 1 aliphatic carbocycles. The van der Waals surface area contributed by atoms with Crippen molar-refractivity contribution in [1.82, 2.24) is 9.80 Å². The van der Waals surface area contributed by atoms with Crippen LogP contribution in [0.25, 0.3) is 10.4 Å². The quantitative estimate of drug-likeness (QED) is 0.730. The molecule has 2 fully saturated rings. The number of nitrogens with zero attached hydrogens (tertiary/aromatic N) is 2. The summed E-state index contributed by atoms with van der Waals surface area (Å²) in [4.78, 5) is 31.2. The number of carbonyl (C=O) groups excluding carboxylic acids is 2. The molecular weight excluding hydrogens is 380 g/mol. The Hall–Kier alpha value is -2.14. The maximum atomic E-state index is 13.3. The van der Waals surface area contributed by atoms with E-state index in [0.717, 1.165) is 38.6 Å². The van der Waals surface area contributed by atoms with Gasteiger partial charge < -0.3 is 9.80 Å². The Morgan fingerprint density at radius 3 is 2.66 bits per heavy atom. The summed E-state index contributed by atoms with van der Waals surface area (Å²) in [7, 11) is 3.66. The largest absolute Gasteiger partial charge is 0.348 e. The van der Waals surface area contributed by atoms with Gasteiger partial charge in [0.15, 0.2) is 0 Å². The minimum absolute atomic E-state index is 0.144. The van der Waals surface area contributed by atoms with Crippen LogP contribution in [0, 0.1) is 11.3 Å². The van der Waals surface area contributed by atoms with Crippen LogP contribution in [0.2, 0.25) is 0 Å². The molecule has 0 spiro atoms. The Balaban J connectivity index is 1.61. The molecule has 0 bridgehead atoms. The van der Waals surface area contributed by atoms with Gasteiger partial charge in [-0.15, -0.1) is 11.3 Å². The minimum Gasteiger partial charge on any atom is -0.348 e. The summed E-state index contributed by atoms with van der Waals surface area (Å²) in [6, 6.07) is 12.7. The van der Waals surface area contributed by atoms with Crippen LogP contribution in [0.15, 0.2) is 41.8 Å². The zero-order valence-corrected chi connectivity index (χ0v) is 18.2. The highest BCUT2D eigenvalue weighted by Crippen LogP contribution is 2.38. The monoisotopic (exact) mass is 410 g/mol. The second kappa shape index (κ2) is 8.31. The zero-order valence-electron chi connectivity index (χ0n) is 17.4. The van der Waals surface area contributed by atoms with Crippen LogP contribution in [0.4, 0.5) is 0 Å². The maximum Gasteiger partial charge on any atom is 0.230 e. The lowest BCUT2D eigenvalue weighted by molar-refractivity contribution is -0.150. The first-order valence-electron chi connectivity index (χ1n) is 10.6. The van der Waals surface area contributed by atoms with E-state index in [1.807, 2.05) is 19.0 Å². The van der Waals surface area contributed by atoms with Crippen molar-refractivity contribution < 1.29 is 9.59 Å². The van der Waals surface area contributed by atoms with E-state index in [9.17, 15) is 9.59 Å². The van der Waals surface area contributed by atoms with E-state index in [1.54, 1.807) is 16.2 Å². The predicted octanol–water partition coefficient (Wildman–Crippen LogP) is 4.45. The first-order chi connectivity index (χ1) is 14.0. The third-order valence-corrected chi connectivity index (χ3v) is 7.40. The van der Waals surface area contributed by atoms with Gasteiger partial charge in [-0.2, -0.15) is 0 Å². The van der Waals surface area contributed by atoms with Gasteiger partial charge in [0.2, 0.25) is 11.8 Å². The van der Waals surface area contributed by atoms with Gasteiger partial charge in [0.05, 0.1) is 5.41 Å². The summed E-state index contributed by atoms with van der Waals surface area (Å²) < 4.78 is 0. The molecule has 2 heterocycles. The molecule has 1 saturated carbocycles. The average Bonchev–Trinajstić information content (AvgIpc) is 3.21. The molecule has 0 N–H and O–H groups in total. The molecule has 2 aromatic rings. The van der Waals surface area contributed by atoms with E-state index in [1.165, 1.54) is 16.0 Å². The fraction of sp³-hybridized carbons (Fsp3) is 0.500. The fourth-order valence-corrected chi connectivity index (χ4v) is 5.49. The fourth-order valence-electron chi connectivity index (χ4n) is 4.77. The molecule has 4 nitrogen and oxygen atoms in total. The van der Waals surface area contributed by atoms with Crippen LogP contribution < -0.4 is 0 Å². The van der Waals surface area contributed by atoms with Crippen molar-refractivity contribution in [1.29, 1.82) is 0 Å². The summed E-state index contributed by atoms with van der Waals surface area (Å²) in [6.45, 7) is 1.33. The SMILES string of the molecule is CN(C)C(=O)[C@]1(Cc2cccc(-c3cccs3)c2)CCCN(C(=O)C2CCC2)C1. The molecule has 29 heavy (non-hydrogen) atoms. The van der Waals surface area contributed by atoms with Gasteiger partial charge in [-0.05, 0) is 54.7 Å². The third kappa shape index (κ3) is 4.11. The molecule has 1 aromatic carbocycles. The van der Waals surface area contributed by atoms with Crippen LogP contribution in [0.3, 0.4) is 0 Å². The van der Waals surface area contributed by atoms with Gasteiger partial charge >= 0.3 is 0 Å². The predicted molar refractivity (Wildman–Crippen MR) is 118 cm³/mol. The van der Waals surface area contributed by atoms with Crippen LogP contribution in [-0.2, 0) is 16.0 Å². The Bertz CT molecular complexity index is 873. The number of thiophene rings is 1. The summed E-state index contributed by atoms with van der Waals surface area (Å²) in [6.07, 6.45) is 5.57. The van der Waals surface area contributed by atoms with E-state index >= 15 is 0 Å². The van der Waals surface area contributed by atoms with Crippen molar-refractivity contribution in [2.75, 3.05) is 27.2 Å². The molecule has 1 atom stereocenters. The summed E-state index contributed by atoms with van der Waals surface area (Å²) >= 11 is 1.73. The standard InChI is InChI=1S/C24H30N2O2S/c1-25(2)23(28)24(12-6-13-26(17-24)22(27)19-8-4-9-19)16-18-7-3-10-20(15-18)21-11-5-14-29-21/h3,5,7,10-11,14-15,19H,4,6,8-9,12-13,16-17H2,1-2H3/t24-/m0/s1. The summed E-state index contributed by atoms with van der Waals surface area (Å²) in [5, 5.41) is 2.09. The molecule has 5 heteroatoms. The molecule has 0 unspecified atom stereocenters. The first kappa shape index (κ1) is 20.1. The highest BCUT2D eigenvalue weighted by atomic mass is 32.1. The number of likely N-dealkylation sites (tertiary alicyclic amines) is 1. The number of amides is 2. The number of carbonyl (C=O) groups is 2. The normalized spacial score (nSPS) is 22.2.